The number of hydrogen-bond acceptors (Lipinski definition) is 7. The van der Waals surface area contributed by atoms with E-state index in [2.05, 4.69) is 33.3 Å². The Balaban J connectivity index is 1.15. The minimum Gasteiger partial charge on any atom is -0.340 e. The van der Waals surface area contributed by atoms with Crippen LogP contribution < -0.4 is 10.2 Å². The van der Waals surface area contributed by atoms with Gasteiger partial charge in [0.1, 0.15) is 23.4 Å². The number of likely N-dealkylation sites (tertiary alicyclic amines) is 1. The lowest BCUT2D eigenvalue weighted by Crippen LogP contribution is -2.45. The van der Waals surface area contributed by atoms with E-state index in [4.69, 9.17) is 0 Å². The van der Waals surface area contributed by atoms with Gasteiger partial charge in [0.25, 0.3) is 5.91 Å². The standard InChI is InChI=1S/C32H35FN8O/c1-22-24(19-29(20-34)39(22)3)21-38(2)27-14-17-41(18-15-27)31(42)23-5-9-26(10-6-23)36-32-35-16-13-30(37-32)40(4)28-11-7-25(33)8-12-28/h5-13,16,19,27H,14-15,17-18,21H2,1-4H3,(H,35,36,37). The summed E-state index contributed by atoms with van der Waals surface area (Å²) in [6, 6.07) is 19.9. The second-order valence-electron chi connectivity index (χ2n) is 10.7. The fraction of sp³-hybridized carbons (Fsp3) is 0.312. The Hall–Kier alpha value is -4.75. The molecule has 1 N–H and O–H groups in total. The molecule has 1 saturated heterocycles. The van der Waals surface area contributed by atoms with Gasteiger partial charge in [0.05, 0.1) is 0 Å². The molecule has 0 unspecified atom stereocenters. The third-order valence-corrected chi connectivity index (χ3v) is 8.14. The van der Waals surface area contributed by atoms with Gasteiger partial charge in [-0.2, -0.15) is 10.2 Å². The molecule has 0 radical (unpaired) electrons. The second kappa shape index (κ2) is 12.4. The number of amides is 1. The summed E-state index contributed by atoms with van der Waals surface area (Å²) in [4.78, 5) is 28.2. The van der Waals surface area contributed by atoms with Gasteiger partial charge in [0, 0.05) is 68.6 Å². The van der Waals surface area contributed by atoms with E-state index in [9.17, 15) is 14.4 Å². The molecular formula is C32H35FN8O. The summed E-state index contributed by atoms with van der Waals surface area (Å²) in [6.45, 7) is 4.23. The third-order valence-electron chi connectivity index (χ3n) is 8.14. The highest BCUT2D eigenvalue weighted by atomic mass is 19.1. The quantitative estimate of drug-likeness (QED) is 0.306. The lowest BCUT2D eigenvalue weighted by Gasteiger charge is -2.37. The van der Waals surface area contributed by atoms with Gasteiger partial charge in [0.15, 0.2) is 0 Å². The first-order chi connectivity index (χ1) is 20.2. The summed E-state index contributed by atoms with van der Waals surface area (Å²) < 4.78 is 15.2. The van der Waals surface area contributed by atoms with E-state index >= 15 is 0 Å². The second-order valence-corrected chi connectivity index (χ2v) is 10.7. The average molecular weight is 567 g/mol. The highest BCUT2D eigenvalue weighted by molar-refractivity contribution is 5.94. The van der Waals surface area contributed by atoms with Gasteiger partial charge in [-0.05, 0) is 93.0 Å². The summed E-state index contributed by atoms with van der Waals surface area (Å²) in [5.41, 5.74) is 5.17. The Kier molecular flexibility index (Phi) is 8.50. The zero-order valence-corrected chi connectivity index (χ0v) is 24.4. The molecular weight excluding hydrogens is 531 g/mol. The van der Waals surface area contributed by atoms with Crippen molar-refractivity contribution in [1.82, 2.24) is 24.3 Å². The van der Waals surface area contributed by atoms with Crippen molar-refractivity contribution in [3.8, 4) is 6.07 Å². The number of hydrogen-bond donors (Lipinski definition) is 1. The monoisotopic (exact) mass is 566 g/mol. The number of nitrogens with one attached hydrogen (secondary N) is 1. The maximum absolute atomic E-state index is 13.3. The van der Waals surface area contributed by atoms with Crippen molar-refractivity contribution in [1.29, 1.82) is 5.26 Å². The first-order valence-corrected chi connectivity index (χ1v) is 14.0. The van der Waals surface area contributed by atoms with Crippen LogP contribution in [-0.4, -0.2) is 63.5 Å². The number of aromatic nitrogens is 3. The van der Waals surface area contributed by atoms with E-state index < -0.39 is 0 Å². The number of rotatable bonds is 8. The number of carbonyl (C=O) groups is 1. The fourth-order valence-electron chi connectivity index (χ4n) is 5.34. The van der Waals surface area contributed by atoms with Gasteiger partial charge in [-0.25, -0.2) is 9.37 Å². The molecule has 2 aromatic carbocycles. The molecule has 4 aromatic rings. The summed E-state index contributed by atoms with van der Waals surface area (Å²) in [7, 11) is 5.90. The summed E-state index contributed by atoms with van der Waals surface area (Å²) in [5.74, 6) is 0.813. The van der Waals surface area contributed by atoms with Crippen molar-refractivity contribution in [3.63, 3.8) is 0 Å². The Morgan fingerprint density at radius 2 is 1.79 bits per heavy atom. The van der Waals surface area contributed by atoms with Gasteiger partial charge in [0.2, 0.25) is 5.95 Å². The van der Waals surface area contributed by atoms with Gasteiger partial charge >= 0.3 is 0 Å². The third kappa shape index (κ3) is 6.26. The lowest BCUT2D eigenvalue weighted by atomic mass is 10.0. The van der Waals surface area contributed by atoms with Crippen molar-refractivity contribution in [2.75, 3.05) is 37.4 Å². The molecule has 216 valence electrons. The number of benzene rings is 2. The SMILES string of the molecule is Cc1c(CN(C)C2CCN(C(=O)c3ccc(Nc4nccc(N(C)c5ccc(F)cc5)n4)cc3)CC2)cc(C#N)n1C. The Morgan fingerprint density at radius 1 is 1.10 bits per heavy atom. The normalized spacial score (nSPS) is 13.7. The van der Waals surface area contributed by atoms with Crippen molar-refractivity contribution >= 4 is 29.0 Å². The van der Waals surface area contributed by atoms with Crippen LogP contribution in [0, 0.1) is 24.1 Å². The summed E-state index contributed by atoms with van der Waals surface area (Å²) >= 11 is 0. The topological polar surface area (TPSA) is 93.3 Å². The molecule has 2 aromatic heterocycles. The van der Waals surface area contributed by atoms with Crippen LogP contribution in [0.1, 0.15) is 40.2 Å². The van der Waals surface area contributed by atoms with Crippen LogP contribution in [0.4, 0.5) is 27.5 Å². The maximum atomic E-state index is 13.3. The molecule has 1 aliphatic heterocycles. The number of carbonyl (C=O) groups excluding carboxylic acids is 1. The predicted molar refractivity (Wildman–Crippen MR) is 161 cm³/mol. The Labute approximate surface area is 245 Å². The van der Waals surface area contributed by atoms with Crippen LogP contribution in [0.5, 0.6) is 0 Å². The minimum absolute atomic E-state index is 0.0272. The molecule has 1 amide bonds. The average Bonchev–Trinajstić information content (AvgIpc) is 3.29. The molecule has 0 atom stereocenters. The number of halogens is 1. The number of piperidine rings is 1. The molecule has 9 nitrogen and oxygen atoms in total. The van der Waals surface area contributed by atoms with E-state index in [0.717, 1.165) is 36.5 Å². The number of nitrogens with zero attached hydrogens (tertiary/aromatic N) is 7. The highest BCUT2D eigenvalue weighted by Gasteiger charge is 2.26. The molecule has 42 heavy (non-hydrogen) atoms. The molecule has 0 bridgehead atoms. The van der Waals surface area contributed by atoms with Crippen LogP contribution in [0.2, 0.25) is 0 Å². The van der Waals surface area contributed by atoms with Crippen molar-refractivity contribution in [2.45, 2.75) is 32.4 Å². The van der Waals surface area contributed by atoms with E-state index in [1.165, 1.54) is 17.7 Å². The fourth-order valence-corrected chi connectivity index (χ4v) is 5.34. The first-order valence-electron chi connectivity index (χ1n) is 14.0. The first kappa shape index (κ1) is 28.8. The van der Waals surface area contributed by atoms with Crippen molar-refractivity contribution < 1.29 is 9.18 Å². The van der Waals surface area contributed by atoms with Crippen LogP contribution >= 0.6 is 0 Å². The largest absolute Gasteiger partial charge is 0.340 e. The maximum Gasteiger partial charge on any atom is 0.253 e. The van der Waals surface area contributed by atoms with Crippen molar-refractivity contribution in [3.05, 3.63) is 95.2 Å². The van der Waals surface area contributed by atoms with Crippen LogP contribution in [0.15, 0.2) is 66.9 Å². The Morgan fingerprint density at radius 3 is 2.43 bits per heavy atom. The van der Waals surface area contributed by atoms with Crippen LogP contribution in [-0.2, 0) is 13.6 Å². The van der Waals surface area contributed by atoms with E-state index in [0.29, 0.717) is 42.2 Å². The van der Waals surface area contributed by atoms with Crippen molar-refractivity contribution in [2.24, 2.45) is 7.05 Å². The molecule has 1 fully saturated rings. The minimum atomic E-state index is -0.290. The van der Waals surface area contributed by atoms with E-state index in [1.54, 1.807) is 24.4 Å². The zero-order chi connectivity index (χ0) is 29.8. The van der Waals surface area contributed by atoms with Crippen LogP contribution in [0.3, 0.4) is 0 Å². The number of anilines is 4. The van der Waals surface area contributed by atoms with Crippen LogP contribution in [0.25, 0.3) is 0 Å². The predicted octanol–water partition coefficient (Wildman–Crippen LogP) is 5.38. The van der Waals surface area contributed by atoms with Gasteiger partial charge in [-0.15, -0.1) is 0 Å². The lowest BCUT2D eigenvalue weighted by molar-refractivity contribution is 0.0639. The zero-order valence-electron chi connectivity index (χ0n) is 24.4. The highest BCUT2D eigenvalue weighted by Crippen LogP contribution is 2.25. The van der Waals surface area contributed by atoms with E-state index in [1.807, 2.05) is 65.7 Å². The summed E-state index contributed by atoms with van der Waals surface area (Å²) in [5, 5.41) is 12.5. The molecule has 3 heterocycles. The van der Waals surface area contributed by atoms with E-state index in [-0.39, 0.29) is 11.7 Å². The summed E-state index contributed by atoms with van der Waals surface area (Å²) in [6.07, 6.45) is 3.46. The Bertz CT molecular complexity index is 1580. The molecule has 0 spiro atoms. The molecule has 0 aliphatic carbocycles. The molecule has 10 heteroatoms. The molecule has 1 aliphatic rings. The van der Waals surface area contributed by atoms with Gasteiger partial charge in [-0.3, -0.25) is 9.69 Å². The molecule has 5 rings (SSSR count). The smallest absolute Gasteiger partial charge is 0.253 e. The van der Waals surface area contributed by atoms with Gasteiger partial charge < -0.3 is 19.7 Å². The number of nitriles is 1. The van der Waals surface area contributed by atoms with Gasteiger partial charge in [-0.1, -0.05) is 0 Å². The molecule has 0 saturated carbocycles.